The number of sulfone groups is 1. The van der Waals surface area contributed by atoms with E-state index >= 15 is 0 Å². The van der Waals surface area contributed by atoms with Crippen LogP contribution in [0.25, 0.3) is 0 Å². The van der Waals surface area contributed by atoms with Gasteiger partial charge < -0.3 is 5.73 Å². The molecule has 100 valence electrons. The largest absolute Gasteiger partial charge is 0.399 e. The topological polar surface area (TPSA) is 60.2 Å². The van der Waals surface area contributed by atoms with Gasteiger partial charge in [0.05, 0.1) is 10.6 Å². The minimum Gasteiger partial charge on any atom is -0.399 e. The van der Waals surface area contributed by atoms with Gasteiger partial charge in [-0.15, -0.1) is 0 Å². The molecule has 0 unspecified atom stereocenters. The zero-order valence-electron chi connectivity index (χ0n) is 11.1. The van der Waals surface area contributed by atoms with Crippen LogP contribution in [-0.4, -0.2) is 8.42 Å². The summed E-state index contributed by atoms with van der Waals surface area (Å²) in [6.07, 6.45) is 0. The number of anilines is 1. The molecule has 2 N–H and O–H groups in total. The van der Waals surface area contributed by atoms with Crippen LogP contribution in [0.2, 0.25) is 0 Å². The zero-order chi connectivity index (χ0) is 14.0. The third kappa shape index (κ3) is 3.15. The van der Waals surface area contributed by atoms with Crippen LogP contribution in [0.5, 0.6) is 0 Å². The first-order chi connectivity index (χ1) is 8.88. The standard InChI is InChI=1S/C15H17NO2S/c1-11-6-7-13(8-12(11)2)10-19(17,18)15-5-3-4-14(16)9-15/h3-9H,10,16H2,1-2H3. The van der Waals surface area contributed by atoms with E-state index in [-0.39, 0.29) is 10.6 Å². The average Bonchev–Trinajstić information content (AvgIpc) is 2.33. The van der Waals surface area contributed by atoms with Gasteiger partial charge in [-0.05, 0) is 48.7 Å². The van der Waals surface area contributed by atoms with Crippen molar-refractivity contribution in [1.82, 2.24) is 0 Å². The molecule has 0 atom stereocenters. The van der Waals surface area contributed by atoms with Crippen LogP contribution < -0.4 is 5.73 Å². The highest BCUT2D eigenvalue weighted by Crippen LogP contribution is 2.20. The second-order valence-electron chi connectivity index (χ2n) is 4.75. The molecule has 0 heterocycles. The van der Waals surface area contributed by atoms with Crippen LogP contribution in [-0.2, 0) is 15.6 Å². The van der Waals surface area contributed by atoms with Crippen LogP contribution in [0.3, 0.4) is 0 Å². The van der Waals surface area contributed by atoms with Crippen molar-refractivity contribution in [3.63, 3.8) is 0 Å². The van der Waals surface area contributed by atoms with Crippen LogP contribution >= 0.6 is 0 Å². The summed E-state index contributed by atoms with van der Waals surface area (Å²) in [6.45, 7) is 3.98. The van der Waals surface area contributed by atoms with Crippen molar-refractivity contribution in [3.8, 4) is 0 Å². The van der Waals surface area contributed by atoms with E-state index in [0.29, 0.717) is 5.69 Å². The molecule has 3 nitrogen and oxygen atoms in total. The lowest BCUT2D eigenvalue weighted by atomic mass is 10.1. The van der Waals surface area contributed by atoms with E-state index < -0.39 is 9.84 Å². The van der Waals surface area contributed by atoms with Gasteiger partial charge in [0.2, 0.25) is 0 Å². The summed E-state index contributed by atoms with van der Waals surface area (Å²) in [5.41, 5.74) is 9.14. The monoisotopic (exact) mass is 275 g/mol. The minimum absolute atomic E-state index is 0.00241. The number of rotatable bonds is 3. The highest BCUT2D eigenvalue weighted by molar-refractivity contribution is 7.90. The number of hydrogen-bond acceptors (Lipinski definition) is 3. The molecule has 2 aromatic carbocycles. The molecule has 0 amide bonds. The van der Waals surface area contributed by atoms with Gasteiger partial charge in [-0.2, -0.15) is 0 Å². The Morgan fingerprint density at radius 3 is 2.37 bits per heavy atom. The maximum absolute atomic E-state index is 12.3. The lowest BCUT2D eigenvalue weighted by Crippen LogP contribution is -2.06. The second-order valence-corrected chi connectivity index (χ2v) is 6.74. The van der Waals surface area contributed by atoms with Gasteiger partial charge in [0.25, 0.3) is 0 Å². The Hall–Kier alpha value is -1.81. The summed E-state index contributed by atoms with van der Waals surface area (Å²) in [6, 6.07) is 12.1. The summed E-state index contributed by atoms with van der Waals surface area (Å²) in [7, 11) is -3.35. The van der Waals surface area contributed by atoms with E-state index in [9.17, 15) is 8.42 Å². The fraction of sp³-hybridized carbons (Fsp3) is 0.200. The second kappa shape index (κ2) is 5.05. The Kier molecular flexibility index (Phi) is 3.62. The molecular formula is C15H17NO2S. The highest BCUT2D eigenvalue weighted by atomic mass is 32.2. The molecule has 2 rings (SSSR count). The minimum atomic E-state index is -3.35. The predicted molar refractivity (Wildman–Crippen MR) is 77.7 cm³/mol. The lowest BCUT2D eigenvalue weighted by Gasteiger charge is -2.07. The number of hydrogen-bond donors (Lipinski definition) is 1. The molecule has 0 aliphatic heterocycles. The Morgan fingerprint density at radius 1 is 1.00 bits per heavy atom. The Labute approximate surface area is 114 Å². The fourth-order valence-corrected chi connectivity index (χ4v) is 3.29. The number of benzene rings is 2. The molecule has 0 aliphatic carbocycles. The van der Waals surface area contributed by atoms with Crippen LogP contribution in [0.4, 0.5) is 5.69 Å². The Morgan fingerprint density at radius 2 is 1.74 bits per heavy atom. The summed E-state index contributed by atoms with van der Waals surface area (Å²) in [5.74, 6) is -0.00241. The first-order valence-electron chi connectivity index (χ1n) is 6.03. The van der Waals surface area contributed by atoms with Gasteiger partial charge in [0, 0.05) is 5.69 Å². The van der Waals surface area contributed by atoms with Crippen molar-refractivity contribution in [3.05, 3.63) is 59.2 Å². The molecule has 0 aliphatic rings. The molecule has 19 heavy (non-hydrogen) atoms. The fourth-order valence-electron chi connectivity index (χ4n) is 1.90. The average molecular weight is 275 g/mol. The first kappa shape index (κ1) is 13.6. The van der Waals surface area contributed by atoms with Crippen molar-refractivity contribution in [2.45, 2.75) is 24.5 Å². The molecule has 0 spiro atoms. The maximum Gasteiger partial charge on any atom is 0.182 e. The number of aryl methyl sites for hydroxylation is 2. The van der Waals surface area contributed by atoms with E-state index in [1.165, 1.54) is 6.07 Å². The van der Waals surface area contributed by atoms with E-state index in [0.717, 1.165) is 16.7 Å². The Balaban J connectivity index is 2.33. The Bertz CT molecular complexity index is 706. The molecule has 4 heteroatoms. The molecule has 0 bridgehead atoms. The summed E-state index contributed by atoms with van der Waals surface area (Å²) >= 11 is 0. The van der Waals surface area contributed by atoms with E-state index in [1.807, 2.05) is 32.0 Å². The molecule has 0 radical (unpaired) electrons. The predicted octanol–water partition coefficient (Wildman–Crippen LogP) is 2.86. The van der Waals surface area contributed by atoms with E-state index in [1.54, 1.807) is 18.2 Å². The van der Waals surface area contributed by atoms with Crippen LogP contribution in [0.15, 0.2) is 47.4 Å². The van der Waals surface area contributed by atoms with Crippen LogP contribution in [0.1, 0.15) is 16.7 Å². The summed E-state index contributed by atoms with van der Waals surface area (Å²) < 4.78 is 24.6. The van der Waals surface area contributed by atoms with E-state index in [2.05, 4.69) is 0 Å². The molecule has 0 fully saturated rings. The molecule has 0 saturated carbocycles. The van der Waals surface area contributed by atoms with Gasteiger partial charge in [-0.3, -0.25) is 0 Å². The van der Waals surface area contributed by atoms with Crippen LogP contribution in [0, 0.1) is 13.8 Å². The normalized spacial score (nSPS) is 11.5. The maximum atomic E-state index is 12.3. The van der Waals surface area contributed by atoms with E-state index in [4.69, 9.17) is 5.73 Å². The summed E-state index contributed by atoms with van der Waals surface area (Å²) in [5, 5.41) is 0. The van der Waals surface area contributed by atoms with Gasteiger partial charge >= 0.3 is 0 Å². The lowest BCUT2D eigenvalue weighted by molar-refractivity contribution is 0.595. The summed E-state index contributed by atoms with van der Waals surface area (Å²) in [4.78, 5) is 0.269. The highest BCUT2D eigenvalue weighted by Gasteiger charge is 2.15. The number of nitrogen functional groups attached to an aromatic ring is 1. The zero-order valence-corrected chi connectivity index (χ0v) is 11.9. The van der Waals surface area contributed by atoms with Gasteiger partial charge in [-0.25, -0.2) is 8.42 Å². The van der Waals surface area contributed by atoms with Gasteiger partial charge in [-0.1, -0.05) is 24.3 Å². The van der Waals surface area contributed by atoms with Crippen molar-refractivity contribution in [2.75, 3.05) is 5.73 Å². The van der Waals surface area contributed by atoms with Gasteiger partial charge in [0.1, 0.15) is 0 Å². The third-order valence-electron chi connectivity index (χ3n) is 3.15. The SMILES string of the molecule is Cc1ccc(CS(=O)(=O)c2cccc(N)c2)cc1C. The molecule has 2 aromatic rings. The van der Waals surface area contributed by atoms with Crippen molar-refractivity contribution >= 4 is 15.5 Å². The number of nitrogens with two attached hydrogens (primary N) is 1. The van der Waals surface area contributed by atoms with Crippen molar-refractivity contribution < 1.29 is 8.42 Å². The first-order valence-corrected chi connectivity index (χ1v) is 7.68. The molecular weight excluding hydrogens is 258 g/mol. The van der Waals surface area contributed by atoms with Gasteiger partial charge in [0.15, 0.2) is 9.84 Å². The molecule has 0 saturated heterocycles. The quantitative estimate of drug-likeness (QED) is 0.876. The molecule has 0 aromatic heterocycles. The van der Waals surface area contributed by atoms with Crippen molar-refractivity contribution in [2.24, 2.45) is 0 Å². The third-order valence-corrected chi connectivity index (χ3v) is 4.83. The smallest absolute Gasteiger partial charge is 0.182 e. The van der Waals surface area contributed by atoms with Crippen molar-refractivity contribution in [1.29, 1.82) is 0 Å².